The summed E-state index contributed by atoms with van der Waals surface area (Å²) in [7, 11) is 0. The van der Waals surface area contributed by atoms with Crippen LogP contribution in [0.4, 0.5) is 0 Å². The standard InChI is InChI=1S/C23H28BrN5O6/c1-2-34-22(33)16-17-21(32)28(9-5-6-10-30)19(23(17)11-13(24)18(16)35-23)20(31)25-12-29-15-8-4-3-7-14(15)26-27-29/h3-4,7-8,13,16-19,30H,2,5-6,9-12H2,1H3,(H,25,31)/t13?,16-,17+,18-,19?,23?/m1/s1. The van der Waals surface area contributed by atoms with Crippen LogP contribution in [-0.2, 0) is 30.5 Å². The molecule has 1 aromatic heterocycles. The van der Waals surface area contributed by atoms with Gasteiger partial charge in [-0.2, -0.15) is 0 Å². The smallest absolute Gasteiger partial charge is 0.312 e. The number of esters is 1. The largest absolute Gasteiger partial charge is 0.466 e. The van der Waals surface area contributed by atoms with Crippen LogP contribution in [0.15, 0.2) is 24.3 Å². The summed E-state index contributed by atoms with van der Waals surface area (Å²) in [6.07, 6.45) is 0.891. The molecule has 1 aromatic carbocycles. The number of carbonyl (C=O) groups is 3. The van der Waals surface area contributed by atoms with Gasteiger partial charge in [0.15, 0.2) is 0 Å². The zero-order valence-electron chi connectivity index (χ0n) is 19.3. The first kappa shape index (κ1) is 24.1. The number of nitrogens with one attached hydrogen (secondary N) is 1. The van der Waals surface area contributed by atoms with E-state index in [2.05, 4.69) is 31.6 Å². The molecule has 0 radical (unpaired) electrons. The molecule has 6 atom stereocenters. The van der Waals surface area contributed by atoms with Crippen molar-refractivity contribution in [3.05, 3.63) is 24.3 Å². The SMILES string of the molecule is CCOC(=O)[C@H]1[C@@H]2OC3(CC2Br)C(C(=O)NCn2nnc4ccccc42)N(CCCCO)C(=O)[C@H]13. The second-order valence-corrected chi connectivity index (χ2v) is 10.3. The molecular weight excluding hydrogens is 522 g/mol. The van der Waals surface area contributed by atoms with E-state index in [0.29, 0.717) is 24.8 Å². The van der Waals surface area contributed by atoms with Crippen molar-refractivity contribution in [3.63, 3.8) is 0 Å². The number of unbranched alkanes of at least 4 members (excludes halogenated alkanes) is 1. The molecule has 3 saturated heterocycles. The van der Waals surface area contributed by atoms with Crippen LogP contribution in [0, 0.1) is 11.8 Å². The van der Waals surface area contributed by atoms with Gasteiger partial charge in [0.25, 0.3) is 0 Å². The van der Waals surface area contributed by atoms with Gasteiger partial charge in [0.2, 0.25) is 11.8 Å². The summed E-state index contributed by atoms with van der Waals surface area (Å²) < 4.78 is 13.2. The van der Waals surface area contributed by atoms with Gasteiger partial charge in [-0.05, 0) is 38.3 Å². The number of aliphatic hydroxyl groups excluding tert-OH is 1. The number of fused-ring (bicyclic) bond motifs is 2. The number of nitrogens with zero attached hydrogens (tertiary/aromatic N) is 4. The van der Waals surface area contributed by atoms with E-state index >= 15 is 0 Å². The van der Waals surface area contributed by atoms with Gasteiger partial charge in [0.1, 0.15) is 23.8 Å². The zero-order valence-corrected chi connectivity index (χ0v) is 20.9. The number of hydrogen-bond acceptors (Lipinski definition) is 8. The van der Waals surface area contributed by atoms with Crippen LogP contribution in [0.5, 0.6) is 0 Å². The van der Waals surface area contributed by atoms with Crippen LogP contribution >= 0.6 is 15.9 Å². The van der Waals surface area contributed by atoms with Crippen molar-refractivity contribution < 1.29 is 29.0 Å². The van der Waals surface area contributed by atoms with Crippen LogP contribution in [0.2, 0.25) is 0 Å². The third-order valence-electron chi connectivity index (χ3n) is 7.23. The Kier molecular flexibility index (Phi) is 6.53. The van der Waals surface area contributed by atoms with Gasteiger partial charge in [-0.25, -0.2) is 4.68 Å². The normalized spacial score (nSPS) is 31.2. The summed E-state index contributed by atoms with van der Waals surface area (Å²) in [5, 5.41) is 20.4. The predicted octanol–water partition coefficient (Wildman–Crippen LogP) is 0.589. The molecule has 5 rings (SSSR count). The van der Waals surface area contributed by atoms with Crippen LogP contribution in [0.1, 0.15) is 26.2 Å². The zero-order chi connectivity index (χ0) is 24.7. The van der Waals surface area contributed by atoms with E-state index in [1.807, 2.05) is 24.3 Å². The molecule has 2 amide bonds. The van der Waals surface area contributed by atoms with Gasteiger partial charge in [-0.1, -0.05) is 33.3 Å². The molecule has 11 nitrogen and oxygen atoms in total. The summed E-state index contributed by atoms with van der Waals surface area (Å²) in [6, 6.07) is 6.50. The Morgan fingerprint density at radius 3 is 2.91 bits per heavy atom. The van der Waals surface area contributed by atoms with Gasteiger partial charge < -0.3 is 24.8 Å². The Balaban J connectivity index is 1.44. The second kappa shape index (κ2) is 9.47. The van der Waals surface area contributed by atoms with Crippen LogP contribution in [0.3, 0.4) is 0 Å². The molecule has 35 heavy (non-hydrogen) atoms. The first-order chi connectivity index (χ1) is 16.9. The number of alkyl halides is 1. The summed E-state index contributed by atoms with van der Waals surface area (Å²) in [5.41, 5.74) is 0.340. The molecule has 0 aliphatic carbocycles. The minimum Gasteiger partial charge on any atom is -0.466 e. The minimum absolute atomic E-state index is 0.0136. The molecule has 12 heteroatoms. The molecule has 3 aliphatic heterocycles. The van der Waals surface area contributed by atoms with Crippen molar-refractivity contribution in [3.8, 4) is 0 Å². The fraction of sp³-hybridized carbons (Fsp3) is 0.609. The summed E-state index contributed by atoms with van der Waals surface area (Å²) in [6.45, 7) is 2.24. The van der Waals surface area contributed by atoms with Crippen molar-refractivity contribution in [2.75, 3.05) is 19.8 Å². The topological polar surface area (TPSA) is 136 Å². The Bertz CT molecular complexity index is 1140. The van der Waals surface area contributed by atoms with E-state index in [-0.39, 0.29) is 43.1 Å². The minimum atomic E-state index is -1.14. The average Bonchev–Trinajstić information content (AvgIpc) is 3.55. The Morgan fingerprint density at radius 1 is 1.34 bits per heavy atom. The highest BCUT2D eigenvalue weighted by atomic mass is 79.9. The number of carbonyl (C=O) groups excluding carboxylic acids is 3. The lowest BCUT2D eigenvalue weighted by Crippen LogP contribution is -2.56. The Hall–Kier alpha value is -2.57. The van der Waals surface area contributed by atoms with Gasteiger partial charge in [0.05, 0.1) is 30.1 Å². The number of rotatable bonds is 9. The third kappa shape index (κ3) is 3.82. The first-order valence-corrected chi connectivity index (χ1v) is 12.8. The summed E-state index contributed by atoms with van der Waals surface area (Å²) in [4.78, 5) is 41.5. The van der Waals surface area contributed by atoms with E-state index in [9.17, 15) is 19.5 Å². The molecule has 3 unspecified atom stereocenters. The number of aromatic nitrogens is 3. The van der Waals surface area contributed by atoms with Crippen LogP contribution < -0.4 is 5.32 Å². The highest BCUT2D eigenvalue weighted by Crippen LogP contribution is 2.60. The van der Waals surface area contributed by atoms with E-state index < -0.39 is 35.6 Å². The lowest BCUT2D eigenvalue weighted by molar-refractivity contribution is -0.154. The summed E-state index contributed by atoms with van der Waals surface area (Å²) >= 11 is 3.61. The predicted molar refractivity (Wildman–Crippen MR) is 126 cm³/mol. The van der Waals surface area contributed by atoms with Gasteiger partial charge in [-0.3, -0.25) is 14.4 Å². The van der Waals surface area contributed by atoms with E-state index in [4.69, 9.17) is 9.47 Å². The highest BCUT2D eigenvalue weighted by molar-refractivity contribution is 9.09. The van der Waals surface area contributed by atoms with Gasteiger partial charge >= 0.3 is 5.97 Å². The molecule has 1 spiro atoms. The summed E-state index contributed by atoms with van der Waals surface area (Å²) in [5.74, 6) is -2.72. The Morgan fingerprint density at radius 2 is 2.14 bits per heavy atom. The fourth-order valence-corrected chi connectivity index (χ4v) is 6.80. The van der Waals surface area contributed by atoms with E-state index in [0.717, 1.165) is 5.52 Å². The third-order valence-corrected chi connectivity index (χ3v) is 8.07. The highest BCUT2D eigenvalue weighted by Gasteiger charge is 2.76. The van der Waals surface area contributed by atoms with Crippen molar-refractivity contribution in [2.45, 2.75) is 55.4 Å². The van der Waals surface area contributed by atoms with Crippen LogP contribution in [-0.4, -0.2) is 85.1 Å². The number of likely N-dealkylation sites (tertiary alicyclic amines) is 1. The lowest BCUT2D eigenvalue weighted by Gasteiger charge is -2.34. The van der Waals surface area contributed by atoms with Gasteiger partial charge in [-0.15, -0.1) is 5.10 Å². The average molecular weight is 550 g/mol. The van der Waals surface area contributed by atoms with Crippen molar-refractivity contribution >= 4 is 44.7 Å². The molecule has 4 heterocycles. The maximum atomic E-state index is 13.7. The molecule has 3 aliphatic rings. The molecular formula is C23H28BrN5O6. The molecule has 188 valence electrons. The monoisotopic (exact) mass is 549 g/mol. The van der Waals surface area contributed by atoms with E-state index in [1.54, 1.807) is 11.6 Å². The van der Waals surface area contributed by atoms with E-state index in [1.165, 1.54) is 4.90 Å². The maximum Gasteiger partial charge on any atom is 0.312 e. The first-order valence-electron chi connectivity index (χ1n) is 11.9. The molecule has 3 fully saturated rings. The Labute approximate surface area is 210 Å². The maximum absolute atomic E-state index is 13.7. The van der Waals surface area contributed by atoms with Gasteiger partial charge in [0, 0.05) is 18.0 Å². The molecule has 0 saturated carbocycles. The number of hydrogen-bond donors (Lipinski definition) is 2. The van der Waals surface area contributed by atoms with Crippen molar-refractivity contribution in [2.24, 2.45) is 11.8 Å². The second-order valence-electron chi connectivity index (χ2n) is 9.15. The number of para-hydroxylation sites is 1. The fourth-order valence-electron chi connectivity index (χ4n) is 5.86. The quantitative estimate of drug-likeness (QED) is 0.263. The molecule has 2 N–H and O–H groups in total. The van der Waals surface area contributed by atoms with Crippen LogP contribution in [0.25, 0.3) is 11.0 Å². The van der Waals surface area contributed by atoms with Crippen molar-refractivity contribution in [1.82, 2.24) is 25.2 Å². The molecule has 2 bridgehead atoms. The number of amides is 2. The molecule has 2 aromatic rings. The van der Waals surface area contributed by atoms with Crippen molar-refractivity contribution in [1.29, 1.82) is 0 Å². The number of ether oxygens (including phenoxy) is 2. The number of aliphatic hydroxyl groups is 1. The number of halogens is 1. The lowest BCUT2D eigenvalue weighted by atomic mass is 9.70. The number of benzene rings is 1.